The molecule has 1 aliphatic rings. The molecule has 2 nitrogen and oxygen atoms in total. The highest BCUT2D eigenvalue weighted by Crippen LogP contribution is 2.41. The van der Waals surface area contributed by atoms with E-state index in [-0.39, 0.29) is 11.9 Å². The maximum absolute atomic E-state index is 12.5. The lowest BCUT2D eigenvalue weighted by Gasteiger charge is -2.19. The van der Waals surface area contributed by atoms with Gasteiger partial charge in [-0.25, -0.2) is 0 Å². The van der Waals surface area contributed by atoms with Crippen LogP contribution in [0.15, 0.2) is 48.5 Å². The summed E-state index contributed by atoms with van der Waals surface area (Å²) in [5.74, 6) is 0.613. The Morgan fingerprint density at radius 3 is 2.38 bits per heavy atom. The maximum atomic E-state index is 12.5. The molecule has 21 heavy (non-hydrogen) atoms. The Morgan fingerprint density at radius 2 is 1.76 bits per heavy atom. The number of carbonyl (C=O) groups is 1. The van der Waals surface area contributed by atoms with Gasteiger partial charge in [0.05, 0.1) is 6.04 Å². The van der Waals surface area contributed by atoms with Crippen LogP contribution in [0.2, 0.25) is 0 Å². The number of rotatable bonds is 4. The molecular formula is C19H21NO. The van der Waals surface area contributed by atoms with E-state index in [9.17, 15) is 4.79 Å². The van der Waals surface area contributed by atoms with E-state index in [2.05, 4.69) is 24.4 Å². The lowest BCUT2D eigenvalue weighted by atomic mass is 10.0. The molecule has 108 valence electrons. The zero-order valence-electron chi connectivity index (χ0n) is 12.6. The van der Waals surface area contributed by atoms with Crippen molar-refractivity contribution in [3.8, 4) is 0 Å². The lowest BCUT2D eigenvalue weighted by molar-refractivity contribution is 0.0931. The predicted octanol–water partition coefficient (Wildman–Crippen LogP) is 4.18. The highest BCUT2D eigenvalue weighted by atomic mass is 16.1. The molecule has 0 unspecified atom stereocenters. The summed E-state index contributed by atoms with van der Waals surface area (Å²) in [5, 5.41) is 3.22. The Bertz CT molecular complexity index is 644. The van der Waals surface area contributed by atoms with Crippen LogP contribution in [0.25, 0.3) is 0 Å². The zero-order valence-corrected chi connectivity index (χ0v) is 12.6. The molecule has 0 aliphatic heterocycles. The van der Waals surface area contributed by atoms with Crippen LogP contribution in [0.1, 0.15) is 45.9 Å². The average molecular weight is 279 g/mol. The summed E-state index contributed by atoms with van der Waals surface area (Å²) in [5.41, 5.74) is 4.33. The number of hydrogen-bond donors (Lipinski definition) is 1. The van der Waals surface area contributed by atoms with E-state index in [1.165, 1.54) is 24.0 Å². The number of aryl methyl sites for hydroxylation is 2. The van der Waals surface area contributed by atoms with Gasteiger partial charge < -0.3 is 5.32 Å². The Labute approximate surface area is 126 Å². The van der Waals surface area contributed by atoms with Gasteiger partial charge in [0.2, 0.25) is 0 Å². The van der Waals surface area contributed by atoms with Gasteiger partial charge in [0, 0.05) is 5.56 Å². The summed E-state index contributed by atoms with van der Waals surface area (Å²) in [6.07, 6.45) is 2.40. The van der Waals surface area contributed by atoms with Gasteiger partial charge in [-0.15, -0.1) is 0 Å². The standard InChI is InChI=1S/C19H21NO/c1-13-8-9-17(12-14(13)2)19(21)20-18(16-10-11-16)15-6-4-3-5-7-15/h3-9,12,16,18H,10-11H2,1-2H3,(H,20,21)/t18-/m1/s1. The van der Waals surface area contributed by atoms with Crippen LogP contribution in [0.3, 0.4) is 0 Å². The quantitative estimate of drug-likeness (QED) is 0.893. The van der Waals surface area contributed by atoms with Crippen LogP contribution in [-0.4, -0.2) is 5.91 Å². The Hall–Kier alpha value is -2.09. The van der Waals surface area contributed by atoms with Gasteiger partial charge in [-0.05, 0) is 61.4 Å². The summed E-state index contributed by atoms with van der Waals surface area (Å²) in [6, 6.07) is 16.3. The molecule has 0 heterocycles. The van der Waals surface area contributed by atoms with Crippen LogP contribution in [-0.2, 0) is 0 Å². The summed E-state index contributed by atoms with van der Waals surface area (Å²) in [4.78, 5) is 12.5. The van der Waals surface area contributed by atoms with Crippen molar-refractivity contribution < 1.29 is 4.79 Å². The molecular weight excluding hydrogens is 258 g/mol. The number of carbonyl (C=O) groups excluding carboxylic acids is 1. The topological polar surface area (TPSA) is 29.1 Å². The van der Waals surface area contributed by atoms with Crippen LogP contribution < -0.4 is 5.32 Å². The SMILES string of the molecule is Cc1ccc(C(=O)N[C@H](c2ccccc2)C2CC2)cc1C. The highest BCUT2D eigenvalue weighted by molar-refractivity contribution is 5.94. The molecule has 0 bridgehead atoms. The van der Waals surface area contributed by atoms with E-state index in [1.54, 1.807) is 0 Å². The molecule has 0 saturated heterocycles. The van der Waals surface area contributed by atoms with Crippen molar-refractivity contribution in [3.63, 3.8) is 0 Å². The maximum Gasteiger partial charge on any atom is 0.251 e. The molecule has 1 aliphatic carbocycles. The van der Waals surface area contributed by atoms with E-state index in [0.717, 1.165) is 11.1 Å². The van der Waals surface area contributed by atoms with Crippen LogP contribution in [0.5, 0.6) is 0 Å². The molecule has 0 spiro atoms. The normalized spacial score (nSPS) is 15.5. The Kier molecular flexibility index (Phi) is 3.78. The van der Waals surface area contributed by atoms with Gasteiger partial charge in [-0.3, -0.25) is 4.79 Å². The Morgan fingerprint density at radius 1 is 1.05 bits per heavy atom. The van der Waals surface area contributed by atoms with Crippen molar-refractivity contribution in [1.82, 2.24) is 5.32 Å². The van der Waals surface area contributed by atoms with Gasteiger partial charge >= 0.3 is 0 Å². The van der Waals surface area contributed by atoms with E-state index >= 15 is 0 Å². The zero-order chi connectivity index (χ0) is 14.8. The minimum absolute atomic E-state index is 0.0267. The van der Waals surface area contributed by atoms with Gasteiger partial charge in [0.15, 0.2) is 0 Å². The molecule has 1 fully saturated rings. The van der Waals surface area contributed by atoms with Crippen LogP contribution in [0, 0.1) is 19.8 Å². The third kappa shape index (κ3) is 3.15. The van der Waals surface area contributed by atoms with E-state index < -0.39 is 0 Å². The minimum Gasteiger partial charge on any atom is -0.345 e. The summed E-state index contributed by atoms with van der Waals surface area (Å²) in [6.45, 7) is 4.11. The fraction of sp³-hybridized carbons (Fsp3) is 0.316. The summed E-state index contributed by atoms with van der Waals surface area (Å²) in [7, 11) is 0. The van der Waals surface area contributed by atoms with Crippen molar-refractivity contribution in [2.75, 3.05) is 0 Å². The van der Waals surface area contributed by atoms with Crippen LogP contribution >= 0.6 is 0 Å². The third-order valence-electron chi connectivity index (χ3n) is 4.31. The number of amides is 1. The lowest BCUT2D eigenvalue weighted by Crippen LogP contribution is -2.29. The molecule has 1 N–H and O–H groups in total. The molecule has 2 heteroatoms. The largest absolute Gasteiger partial charge is 0.345 e. The fourth-order valence-corrected chi connectivity index (χ4v) is 2.67. The first-order valence-corrected chi connectivity index (χ1v) is 7.58. The second-order valence-electron chi connectivity index (χ2n) is 6.00. The van der Waals surface area contributed by atoms with Gasteiger partial charge in [0.1, 0.15) is 0 Å². The monoisotopic (exact) mass is 279 g/mol. The molecule has 1 amide bonds. The second kappa shape index (κ2) is 5.72. The van der Waals surface area contributed by atoms with E-state index in [4.69, 9.17) is 0 Å². The third-order valence-corrected chi connectivity index (χ3v) is 4.31. The molecule has 1 saturated carbocycles. The van der Waals surface area contributed by atoms with Gasteiger partial charge in [0.25, 0.3) is 5.91 Å². The summed E-state index contributed by atoms with van der Waals surface area (Å²) < 4.78 is 0. The molecule has 3 rings (SSSR count). The van der Waals surface area contributed by atoms with Crippen molar-refractivity contribution in [3.05, 3.63) is 70.8 Å². The van der Waals surface area contributed by atoms with Crippen LogP contribution in [0.4, 0.5) is 0 Å². The number of benzene rings is 2. The summed E-state index contributed by atoms with van der Waals surface area (Å²) >= 11 is 0. The van der Waals surface area contributed by atoms with E-state index in [1.807, 2.05) is 43.3 Å². The van der Waals surface area contributed by atoms with E-state index in [0.29, 0.717) is 5.92 Å². The van der Waals surface area contributed by atoms with Crippen molar-refractivity contribution in [2.24, 2.45) is 5.92 Å². The second-order valence-corrected chi connectivity index (χ2v) is 6.00. The average Bonchev–Trinajstić information content (AvgIpc) is 3.33. The van der Waals surface area contributed by atoms with Gasteiger partial charge in [-0.1, -0.05) is 36.4 Å². The van der Waals surface area contributed by atoms with Crippen molar-refractivity contribution in [2.45, 2.75) is 32.7 Å². The Balaban J connectivity index is 1.79. The predicted molar refractivity (Wildman–Crippen MR) is 85.3 cm³/mol. The molecule has 0 aromatic heterocycles. The number of hydrogen-bond acceptors (Lipinski definition) is 1. The molecule has 2 aromatic carbocycles. The first-order valence-electron chi connectivity index (χ1n) is 7.58. The number of nitrogens with one attached hydrogen (secondary N) is 1. The smallest absolute Gasteiger partial charge is 0.251 e. The van der Waals surface area contributed by atoms with Crippen molar-refractivity contribution in [1.29, 1.82) is 0 Å². The fourth-order valence-electron chi connectivity index (χ4n) is 2.67. The van der Waals surface area contributed by atoms with Crippen molar-refractivity contribution >= 4 is 5.91 Å². The molecule has 2 aromatic rings. The van der Waals surface area contributed by atoms with Gasteiger partial charge in [-0.2, -0.15) is 0 Å². The first-order chi connectivity index (χ1) is 10.1. The minimum atomic E-state index is 0.0267. The molecule has 0 radical (unpaired) electrons. The first kappa shape index (κ1) is 13.9. The highest BCUT2D eigenvalue weighted by Gasteiger charge is 2.33. The molecule has 1 atom stereocenters.